The molecule has 0 aromatic heterocycles. The number of piperidine rings is 2. The lowest BCUT2D eigenvalue weighted by Gasteiger charge is -2.38. The molecule has 0 bridgehead atoms. The number of carbonyl (C=O) groups is 1. The van der Waals surface area contributed by atoms with Gasteiger partial charge < -0.3 is 10.6 Å². The summed E-state index contributed by atoms with van der Waals surface area (Å²) in [5, 5.41) is 0. The third-order valence-electron chi connectivity index (χ3n) is 5.91. The highest BCUT2D eigenvalue weighted by molar-refractivity contribution is 7.88. The van der Waals surface area contributed by atoms with Crippen LogP contribution in [0.2, 0.25) is 0 Å². The molecular formula is C20H31N3O3S. The smallest absolute Gasteiger partial charge is 0.227 e. The van der Waals surface area contributed by atoms with Crippen LogP contribution in [0.4, 0.5) is 0 Å². The van der Waals surface area contributed by atoms with E-state index in [1.54, 1.807) is 0 Å². The largest absolute Gasteiger partial charge is 0.342 e. The van der Waals surface area contributed by atoms with Gasteiger partial charge in [0.2, 0.25) is 15.9 Å². The van der Waals surface area contributed by atoms with Crippen LogP contribution in [0.25, 0.3) is 0 Å². The van der Waals surface area contributed by atoms with E-state index in [4.69, 9.17) is 5.73 Å². The minimum absolute atomic E-state index is 0.00542. The highest BCUT2D eigenvalue weighted by Gasteiger charge is 2.35. The van der Waals surface area contributed by atoms with Crippen LogP contribution < -0.4 is 5.73 Å². The van der Waals surface area contributed by atoms with E-state index in [0.29, 0.717) is 19.0 Å². The van der Waals surface area contributed by atoms with Crippen molar-refractivity contribution in [2.75, 3.05) is 26.2 Å². The Morgan fingerprint density at radius 3 is 2.44 bits per heavy atom. The number of hydrogen-bond donors (Lipinski definition) is 1. The zero-order chi connectivity index (χ0) is 19.4. The van der Waals surface area contributed by atoms with Gasteiger partial charge in [-0.15, -0.1) is 0 Å². The average Bonchev–Trinajstić information content (AvgIpc) is 2.68. The van der Waals surface area contributed by atoms with Crippen molar-refractivity contribution < 1.29 is 13.2 Å². The quantitative estimate of drug-likeness (QED) is 0.827. The molecule has 2 atom stereocenters. The molecule has 2 aliphatic rings. The normalized spacial score (nSPS) is 23.9. The Morgan fingerprint density at radius 2 is 1.81 bits per heavy atom. The number of benzene rings is 1. The molecule has 1 aromatic rings. The van der Waals surface area contributed by atoms with Crippen LogP contribution >= 0.6 is 0 Å². The minimum Gasteiger partial charge on any atom is -0.342 e. The molecule has 1 amide bonds. The third kappa shape index (κ3) is 5.09. The van der Waals surface area contributed by atoms with Crippen molar-refractivity contribution in [3.05, 3.63) is 35.9 Å². The van der Waals surface area contributed by atoms with Gasteiger partial charge in [-0.3, -0.25) is 4.79 Å². The van der Waals surface area contributed by atoms with Crippen molar-refractivity contribution >= 4 is 15.9 Å². The molecule has 6 nitrogen and oxygen atoms in total. The molecule has 1 aromatic carbocycles. The molecule has 0 saturated carbocycles. The molecule has 2 heterocycles. The van der Waals surface area contributed by atoms with Crippen LogP contribution in [0.3, 0.4) is 0 Å². The van der Waals surface area contributed by atoms with Crippen molar-refractivity contribution in [1.82, 2.24) is 9.21 Å². The first kappa shape index (κ1) is 20.3. The molecule has 3 rings (SSSR count). The van der Waals surface area contributed by atoms with Gasteiger partial charge in [-0.05, 0) is 44.1 Å². The summed E-state index contributed by atoms with van der Waals surface area (Å²) in [6.45, 7) is 4.31. The minimum atomic E-state index is -3.41. The van der Waals surface area contributed by atoms with Gasteiger partial charge in [-0.1, -0.05) is 30.3 Å². The van der Waals surface area contributed by atoms with E-state index in [9.17, 15) is 13.2 Å². The molecule has 2 fully saturated rings. The lowest BCUT2D eigenvalue weighted by molar-refractivity contribution is -0.138. The van der Waals surface area contributed by atoms with Crippen LogP contribution in [-0.4, -0.2) is 55.8 Å². The number of carbonyl (C=O) groups excluding carboxylic acids is 1. The summed E-state index contributed by atoms with van der Waals surface area (Å²) in [6, 6.07) is 9.38. The zero-order valence-corrected chi connectivity index (χ0v) is 16.9. The molecule has 0 radical (unpaired) electrons. The first-order valence-corrected chi connectivity index (χ1v) is 11.5. The van der Waals surface area contributed by atoms with Gasteiger partial charge in [-0.25, -0.2) is 12.7 Å². The van der Waals surface area contributed by atoms with Gasteiger partial charge in [0, 0.05) is 32.2 Å². The molecule has 7 heteroatoms. The Balaban J connectivity index is 1.59. The molecule has 2 saturated heterocycles. The Bertz CT molecular complexity index is 728. The Labute approximate surface area is 162 Å². The number of likely N-dealkylation sites (tertiary alicyclic amines) is 1. The maximum absolute atomic E-state index is 12.9. The maximum Gasteiger partial charge on any atom is 0.227 e. The van der Waals surface area contributed by atoms with Gasteiger partial charge in [0.25, 0.3) is 0 Å². The van der Waals surface area contributed by atoms with E-state index in [1.165, 1.54) is 4.31 Å². The number of nitrogens with zero attached hydrogens (tertiary/aromatic N) is 2. The molecular weight excluding hydrogens is 362 g/mol. The molecule has 2 aliphatic heterocycles. The molecule has 0 aliphatic carbocycles. The monoisotopic (exact) mass is 393 g/mol. The van der Waals surface area contributed by atoms with Crippen molar-refractivity contribution in [1.29, 1.82) is 0 Å². The summed E-state index contributed by atoms with van der Waals surface area (Å²) in [4.78, 5) is 14.8. The Hall–Kier alpha value is -1.44. The number of rotatable bonds is 5. The number of hydrogen-bond acceptors (Lipinski definition) is 4. The highest BCUT2D eigenvalue weighted by atomic mass is 32.2. The van der Waals surface area contributed by atoms with Crippen LogP contribution in [0.1, 0.15) is 38.2 Å². The average molecular weight is 394 g/mol. The van der Waals surface area contributed by atoms with Crippen LogP contribution in [0, 0.1) is 11.8 Å². The van der Waals surface area contributed by atoms with E-state index in [-0.39, 0.29) is 23.6 Å². The van der Waals surface area contributed by atoms with Crippen molar-refractivity contribution in [2.24, 2.45) is 17.6 Å². The second kappa shape index (κ2) is 8.71. The van der Waals surface area contributed by atoms with E-state index in [1.807, 2.05) is 42.2 Å². The van der Waals surface area contributed by atoms with Gasteiger partial charge in [0.1, 0.15) is 0 Å². The fourth-order valence-corrected chi connectivity index (χ4v) is 5.79. The highest BCUT2D eigenvalue weighted by Crippen LogP contribution is 2.26. The molecule has 27 heavy (non-hydrogen) atoms. The Morgan fingerprint density at radius 1 is 1.15 bits per heavy atom. The van der Waals surface area contributed by atoms with Crippen molar-refractivity contribution in [2.45, 2.75) is 44.4 Å². The van der Waals surface area contributed by atoms with Crippen molar-refractivity contribution in [3.8, 4) is 0 Å². The maximum atomic E-state index is 12.9. The summed E-state index contributed by atoms with van der Waals surface area (Å²) in [6.07, 6.45) is 3.38. The molecule has 150 valence electrons. The van der Waals surface area contributed by atoms with Gasteiger partial charge in [0.15, 0.2) is 0 Å². The summed E-state index contributed by atoms with van der Waals surface area (Å²) < 4.78 is 27.1. The number of amides is 1. The second-order valence-corrected chi connectivity index (χ2v) is 9.93. The van der Waals surface area contributed by atoms with Crippen LogP contribution in [-0.2, 0) is 20.6 Å². The lowest BCUT2D eigenvalue weighted by Crippen LogP contribution is -2.49. The van der Waals surface area contributed by atoms with E-state index < -0.39 is 10.0 Å². The number of sulfonamides is 1. The summed E-state index contributed by atoms with van der Waals surface area (Å²) >= 11 is 0. The SMILES string of the molecule is CC(N)C1CCN(C(=O)C2CCCN(S(=O)(=O)Cc3ccccc3)C2)CC1. The van der Waals surface area contributed by atoms with Gasteiger partial charge in [0.05, 0.1) is 11.7 Å². The van der Waals surface area contributed by atoms with Crippen LogP contribution in [0.15, 0.2) is 30.3 Å². The van der Waals surface area contributed by atoms with Crippen LogP contribution in [0.5, 0.6) is 0 Å². The molecule has 0 spiro atoms. The number of nitrogens with two attached hydrogens (primary N) is 1. The fourth-order valence-electron chi connectivity index (χ4n) is 4.18. The standard InChI is InChI=1S/C20H31N3O3S/c1-16(21)18-9-12-22(13-10-18)20(24)19-8-5-11-23(14-19)27(25,26)15-17-6-3-2-4-7-17/h2-4,6-7,16,18-19H,5,8-15,21H2,1H3. The van der Waals surface area contributed by atoms with Crippen molar-refractivity contribution in [3.63, 3.8) is 0 Å². The zero-order valence-electron chi connectivity index (χ0n) is 16.1. The van der Waals surface area contributed by atoms with Gasteiger partial charge in [-0.2, -0.15) is 0 Å². The first-order valence-electron chi connectivity index (χ1n) is 9.93. The molecule has 2 N–H and O–H groups in total. The summed E-state index contributed by atoms with van der Waals surface area (Å²) in [5.41, 5.74) is 6.77. The lowest BCUT2D eigenvalue weighted by atomic mass is 9.89. The van der Waals surface area contributed by atoms with Gasteiger partial charge >= 0.3 is 0 Å². The predicted molar refractivity (Wildman–Crippen MR) is 106 cm³/mol. The van der Waals surface area contributed by atoms with E-state index in [2.05, 4.69) is 0 Å². The topological polar surface area (TPSA) is 83.7 Å². The second-order valence-electron chi connectivity index (χ2n) is 7.96. The third-order valence-corrected chi connectivity index (χ3v) is 7.73. The fraction of sp³-hybridized carbons (Fsp3) is 0.650. The Kier molecular flexibility index (Phi) is 6.55. The summed E-state index contributed by atoms with van der Waals surface area (Å²) in [5.74, 6) is 0.353. The predicted octanol–water partition coefficient (Wildman–Crippen LogP) is 1.81. The first-order chi connectivity index (χ1) is 12.9. The van der Waals surface area contributed by atoms with E-state index >= 15 is 0 Å². The molecule has 2 unspecified atom stereocenters. The summed E-state index contributed by atoms with van der Waals surface area (Å²) in [7, 11) is -3.41. The van der Waals surface area contributed by atoms with E-state index in [0.717, 1.165) is 44.3 Å².